The Bertz CT molecular complexity index is 653. The Labute approximate surface area is 115 Å². The summed E-state index contributed by atoms with van der Waals surface area (Å²) < 4.78 is 0. The lowest BCUT2D eigenvalue weighted by atomic mass is 10.2. The summed E-state index contributed by atoms with van der Waals surface area (Å²) in [6.07, 6.45) is 0. The van der Waals surface area contributed by atoms with Crippen molar-refractivity contribution in [2.75, 3.05) is 11.9 Å². The number of aromatic nitrogens is 1. The molecule has 2 N–H and O–H groups in total. The highest BCUT2D eigenvalue weighted by atomic mass is 32.1. The Morgan fingerprint density at radius 2 is 2.32 bits per heavy atom. The van der Waals surface area contributed by atoms with Crippen LogP contribution in [0.15, 0.2) is 29.6 Å². The van der Waals surface area contributed by atoms with Crippen molar-refractivity contribution in [3.05, 3.63) is 45.8 Å². The van der Waals surface area contributed by atoms with Gasteiger partial charge in [-0.05, 0) is 30.5 Å². The summed E-state index contributed by atoms with van der Waals surface area (Å²) in [6, 6.07) is 7.18. The molecule has 96 valence electrons. The predicted octanol–water partition coefficient (Wildman–Crippen LogP) is 2.05. The molecule has 0 spiro atoms. The third kappa shape index (κ3) is 3.41. The van der Waals surface area contributed by atoms with Gasteiger partial charge >= 0.3 is 0 Å². The molecular formula is C14H12N2O2S. The number of nitrogens with zero attached hydrogens (tertiary/aromatic N) is 1. The fourth-order valence-electron chi connectivity index (χ4n) is 1.50. The van der Waals surface area contributed by atoms with Crippen molar-refractivity contribution in [1.29, 1.82) is 0 Å². The van der Waals surface area contributed by atoms with Crippen molar-refractivity contribution in [1.82, 2.24) is 4.98 Å². The van der Waals surface area contributed by atoms with Gasteiger partial charge in [0.2, 0.25) is 0 Å². The fraction of sp³-hybridized carbons (Fsp3) is 0.143. The van der Waals surface area contributed by atoms with Crippen LogP contribution in [0.25, 0.3) is 0 Å². The zero-order valence-corrected chi connectivity index (χ0v) is 11.1. The largest absolute Gasteiger partial charge is 0.384 e. The minimum atomic E-state index is -0.240. The molecule has 19 heavy (non-hydrogen) atoms. The molecule has 0 radical (unpaired) electrons. The van der Waals surface area contributed by atoms with Gasteiger partial charge in [0.1, 0.15) is 17.3 Å². The van der Waals surface area contributed by atoms with E-state index in [1.807, 2.05) is 19.1 Å². The minimum Gasteiger partial charge on any atom is -0.384 e. The van der Waals surface area contributed by atoms with Gasteiger partial charge in [-0.15, -0.1) is 11.3 Å². The van der Waals surface area contributed by atoms with E-state index >= 15 is 0 Å². The van der Waals surface area contributed by atoms with Gasteiger partial charge in [-0.1, -0.05) is 17.9 Å². The van der Waals surface area contributed by atoms with Crippen LogP contribution in [0, 0.1) is 18.8 Å². The average molecular weight is 272 g/mol. The van der Waals surface area contributed by atoms with Gasteiger partial charge in [0, 0.05) is 11.3 Å². The Morgan fingerprint density at radius 1 is 1.47 bits per heavy atom. The van der Waals surface area contributed by atoms with Gasteiger partial charge in [-0.3, -0.25) is 4.79 Å². The zero-order valence-electron chi connectivity index (χ0n) is 10.3. The van der Waals surface area contributed by atoms with E-state index in [0.717, 1.165) is 5.69 Å². The first-order chi connectivity index (χ1) is 9.20. The van der Waals surface area contributed by atoms with Crippen molar-refractivity contribution in [3.63, 3.8) is 0 Å². The van der Waals surface area contributed by atoms with Crippen LogP contribution >= 0.6 is 11.3 Å². The van der Waals surface area contributed by atoms with E-state index in [4.69, 9.17) is 5.11 Å². The van der Waals surface area contributed by atoms with Gasteiger partial charge in [0.15, 0.2) is 0 Å². The Hall–Kier alpha value is -2.16. The first-order valence-corrected chi connectivity index (χ1v) is 6.51. The SMILES string of the molecule is Cc1cccc(NC(=O)c2sccc2C#CCO)n1. The molecule has 0 bridgehead atoms. The van der Waals surface area contributed by atoms with Crippen LogP contribution < -0.4 is 5.32 Å². The van der Waals surface area contributed by atoms with E-state index in [9.17, 15) is 4.79 Å². The number of pyridine rings is 1. The third-order valence-corrected chi connectivity index (χ3v) is 3.22. The van der Waals surface area contributed by atoms with E-state index in [0.29, 0.717) is 16.3 Å². The first-order valence-electron chi connectivity index (χ1n) is 5.63. The molecule has 0 saturated carbocycles. The highest BCUT2D eigenvalue weighted by molar-refractivity contribution is 7.12. The smallest absolute Gasteiger partial charge is 0.268 e. The second-order valence-corrected chi connectivity index (χ2v) is 4.66. The van der Waals surface area contributed by atoms with Crippen molar-refractivity contribution in [2.24, 2.45) is 0 Å². The molecule has 0 aliphatic carbocycles. The Morgan fingerprint density at radius 3 is 3.05 bits per heavy atom. The second kappa shape index (κ2) is 6.14. The molecular weight excluding hydrogens is 260 g/mol. The molecule has 2 rings (SSSR count). The summed E-state index contributed by atoms with van der Waals surface area (Å²) in [7, 11) is 0. The summed E-state index contributed by atoms with van der Waals surface area (Å²) in [5.41, 5.74) is 1.45. The van der Waals surface area contributed by atoms with E-state index in [1.165, 1.54) is 11.3 Å². The maximum absolute atomic E-state index is 12.1. The minimum absolute atomic E-state index is 0.226. The molecule has 0 aliphatic heterocycles. The number of anilines is 1. The van der Waals surface area contributed by atoms with E-state index < -0.39 is 0 Å². The van der Waals surface area contributed by atoms with Crippen LogP contribution in [0.3, 0.4) is 0 Å². The topological polar surface area (TPSA) is 62.2 Å². The summed E-state index contributed by atoms with van der Waals surface area (Å²) in [5.74, 6) is 5.56. The number of amides is 1. The standard InChI is InChI=1S/C14H12N2O2S/c1-10-4-2-6-12(15-10)16-14(18)13-11(5-3-8-17)7-9-19-13/h2,4,6-7,9,17H,8H2,1H3,(H,15,16,18). The van der Waals surface area contributed by atoms with Gasteiger partial charge in [0.25, 0.3) is 5.91 Å². The number of aliphatic hydroxyl groups excluding tert-OH is 1. The highest BCUT2D eigenvalue weighted by Gasteiger charge is 2.12. The van der Waals surface area contributed by atoms with Crippen molar-refractivity contribution >= 4 is 23.1 Å². The van der Waals surface area contributed by atoms with Crippen molar-refractivity contribution in [3.8, 4) is 11.8 Å². The number of carbonyl (C=O) groups is 1. The lowest BCUT2D eigenvalue weighted by molar-refractivity contribution is 0.103. The molecule has 0 aliphatic rings. The van der Waals surface area contributed by atoms with Gasteiger partial charge < -0.3 is 10.4 Å². The molecule has 4 nitrogen and oxygen atoms in total. The molecule has 0 atom stereocenters. The summed E-state index contributed by atoms with van der Waals surface area (Å²) in [6.45, 7) is 1.63. The third-order valence-electron chi connectivity index (χ3n) is 2.30. The van der Waals surface area contributed by atoms with Crippen molar-refractivity contribution in [2.45, 2.75) is 6.92 Å². The number of hydrogen-bond donors (Lipinski definition) is 2. The monoisotopic (exact) mass is 272 g/mol. The second-order valence-electron chi connectivity index (χ2n) is 3.74. The molecule has 0 aromatic carbocycles. The molecule has 2 heterocycles. The summed E-state index contributed by atoms with van der Waals surface area (Å²) in [4.78, 5) is 16.8. The molecule has 1 amide bonds. The molecule has 5 heteroatoms. The number of thiophene rings is 1. The van der Waals surface area contributed by atoms with Crippen LogP contribution in [-0.2, 0) is 0 Å². The van der Waals surface area contributed by atoms with E-state index in [2.05, 4.69) is 22.1 Å². The number of nitrogens with one attached hydrogen (secondary N) is 1. The maximum atomic E-state index is 12.1. The molecule has 2 aromatic heterocycles. The number of carbonyl (C=O) groups excluding carboxylic acids is 1. The normalized spacial score (nSPS) is 9.58. The van der Waals surface area contributed by atoms with Crippen LogP contribution in [-0.4, -0.2) is 22.6 Å². The predicted molar refractivity (Wildman–Crippen MR) is 75.2 cm³/mol. The van der Waals surface area contributed by atoms with Crippen LogP contribution in [0.2, 0.25) is 0 Å². The number of aliphatic hydroxyl groups is 1. The number of hydrogen-bond acceptors (Lipinski definition) is 4. The van der Waals surface area contributed by atoms with Crippen LogP contribution in [0.1, 0.15) is 20.9 Å². The van der Waals surface area contributed by atoms with Gasteiger partial charge in [-0.2, -0.15) is 0 Å². The van der Waals surface area contributed by atoms with Gasteiger partial charge in [-0.25, -0.2) is 4.98 Å². The number of rotatable bonds is 2. The van der Waals surface area contributed by atoms with Crippen LogP contribution in [0.5, 0.6) is 0 Å². The molecule has 2 aromatic rings. The lowest BCUT2D eigenvalue weighted by Crippen LogP contribution is -2.12. The lowest BCUT2D eigenvalue weighted by Gasteiger charge is -2.03. The fourth-order valence-corrected chi connectivity index (χ4v) is 2.25. The average Bonchev–Trinajstić information content (AvgIpc) is 2.84. The van der Waals surface area contributed by atoms with Crippen LogP contribution in [0.4, 0.5) is 5.82 Å². The maximum Gasteiger partial charge on any atom is 0.268 e. The zero-order chi connectivity index (χ0) is 13.7. The first kappa shape index (κ1) is 13.3. The van der Waals surface area contributed by atoms with Gasteiger partial charge in [0.05, 0.1) is 0 Å². The quantitative estimate of drug-likeness (QED) is 0.822. The molecule has 0 fully saturated rings. The Balaban J connectivity index is 2.19. The highest BCUT2D eigenvalue weighted by Crippen LogP contribution is 2.17. The molecule has 0 unspecified atom stereocenters. The Kier molecular flexibility index (Phi) is 4.29. The number of aryl methyl sites for hydroxylation is 1. The van der Waals surface area contributed by atoms with Crippen molar-refractivity contribution < 1.29 is 9.90 Å². The van der Waals surface area contributed by atoms with E-state index in [1.54, 1.807) is 17.5 Å². The molecule has 0 saturated heterocycles. The summed E-state index contributed by atoms with van der Waals surface area (Å²) >= 11 is 1.31. The van der Waals surface area contributed by atoms with E-state index in [-0.39, 0.29) is 12.5 Å². The summed E-state index contributed by atoms with van der Waals surface area (Å²) in [5, 5.41) is 13.2.